The zero-order valence-electron chi connectivity index (χ0n) is 16.3. The molecule has 10 heteroatoms. The molecule has 2 aromatic rings. The molecule has 1 aliphatic rings. The first kappa shape index (κ1) is 22.6. The lowest BCUT2D eigenvalue weighted by atomic mass is 10.0. The molecule has 0 bridgehead atoms. The minimum absolute atomic E-state index is 0.187. The Labute approximate surface area is 173 Å². The van der Waals surface area contributed by atoms with Crippen molar-refractivity contribution in [3.05, 3.63) is 64.7 Å². The second-order valence-electron chi connectivity index (χ2n) is 7.34. The van der Waals surface area contributed by atoms with Crippen LogP contribution in [-0.4, -0.2) is 35.7 Å². The summed E-state index contributed by atoms with van der Waals surface area (Å²) in [6.45, 7) is 0.282. The molecule has 0 aliphatic carbocycles. The van der Waals surface area contributed by atoms with Crippen molar-refractivity contribution >= 4 is 17.5 Å². The number of anilines is 1. The number of benzene rings is 2. The highest BCUT2D eigenvalue weighted by molar-refractivity contribution is 6.04. The van der Waals surface area contributed by atoms with E-state index in [0.29, 0.717) is 17.0 Å². The van der Waals surface area contributed by atoms with E-state index in [2.05, 4.69) is 5.32 Å². The number of hydrogen-bond donors (Lipinski definition) is 1. The van der Waals surface area contributed by atoms with Gasteiger partial charge in [-0.15, -0.1) is 0 Å². The minimum atomic E-state index is -4.36. The molecule has 3 rings (SSSR count). The van der Waals surface area contributed by atoms with Gasteiger partial charge in [0, 0.05) is 37.2 Å². The van der Waals surface area contributed by atoms with E-state index in [4.69, 9.17) is 0 Å². The molecule has 0 spiro atoms. The number of alkyl halides is 4. The van der Waals surface area contributed by atoms with E-state index in [9.17, 15) is 35.9 Å². The summed E-state index contributed by atoms with van der Waals surface area (Å²) in [5.74, 6) is -12.0. The molecular weight excluding hydrogens is 426 g/mol. The van der Waals surface area contributed by atoms with Gasteiger partial charge in [-0.1, -0.05) is 0 Å². The quantitative estimate of drug-likeness (QED) is 0.684. The average Bonchev–Trinajstić information content (AvgIpc) is 2.70. The predicted octanol–water partition coefficient (Wildman–Crippen LogP) is 4.88. The van der Waals surface area contributed by atoms with Crippen LogP contribution in [0.3, 0.4) is 0 Å². The molecule has 1 heterocycles. The van der Waals surface area contributed by atoms with Crippen molar-refractivity contribution in [1.82, 2.24) is 4.90 Å². The number of amides is 2. The number of hydrogen-bond acceptors (Lipinski definition) is 2. The fraction of sp³-hybridized carbons (Fsp3) is 0.333. The van der Waals surface area contributed by atoms with Crippen molar-refractivity contribution in [3.8, 4) is 0 Å². The number of nitrogens with zero attached hydrogens (tertiary/aromatic N) is 1. The number of likely N-dealkylation sites (tertiary alicyclic amines) is 1. The van der Waals surface area contributed by atoms with Crippen molar-refractivity contribution in [3.63, 3.8) is 0 Å². The molecule has 4 nitrogen and oxygen atoms in total. The highest BCUT2D eigenvalue weighted by Crippen LogP contribution is 2.36. The Morgan fingerprint density at radius 3 is 2.23 bits per heavy atom. The van der Waals surface area contributed by atoms with Crippen molar-refractivity contribution in [2.45, 2.75) is 31.6 Å². The molecule has 1 N–H and O–H groups in total. The smallest absolute Gasteiger partial charge is 0.337 e. The van der Waals surface area contributed by atoms with E-state index in [1.54, 1.807) is 0 Å². The first-order valence-corrected chi connectivity index (χ1v) is 9.33. The number of halogens is 6. The lowest BCUT2D eigenvalue weighted by Crippen LogP contribution is -2.48. The largest absolute Gasteiger partial charge is 0.352 e. The fourth-order valence-electron chi connectivity index (χ4n) is 3.18. The maximum absolute atomic E-state index is 14.8. The second kappa shape index (κ2) is 8.24. The number of piperidine rings is 1. The van der Waals surface area contributed by atoms with Crippen molar-refractivity contribution in [2.24, 2.45) is 0 Å². The molecular formula is C21H18F6N2O2. The third-order valence-corrected chi connectivity index (χ3v) is 5.03. The topological polar surface area (TPSA) is 49.4 Å². The van der Waals surface area contributed by atoms with Crippen LogP contribution in [0.15, 0.2) is 36.4 Å². The Balaban J connectivity index is 1.83. The number of carbonyl (C=O) groups excluding carboxylic acids is 2. The average molecular weight is 444 g/mol. The van der Waals surface area contributed by atoms with Gasteiger partial charge in [-0.05, 0) is 48.9 Å². The highest BCUT2D eigenvalue weighted by Gasteiger charge is 2.48. The Hall–Kier alpha value is -3.04. The van der Waals surface area contributed by atoms with Crippen LogP contribution in [0.25, 0.3) is 0 Å². The molecule has 0 saturated carbocycles. The van der Waals surface area contributed by atoms with Gasteiger partial charge < -0.3 is 10.2 Å². The number of nitrogens with one attached hydrogen (secondary N) is 1. The number of aryl methyl sites for hydroxylation is 1. The molecule has 2 amide bonds. The molecule has 0 atom stereocenters. The Morgan fingerprint density at radius 1 is 1.00 bits per heavy atom. The van der Waals surface area contributed by atoms with Crippen molar-refractivity contribution in [2.75, 3.05) is 18.4 Å². The summed E-state index contributed by atoms with van der Waals surface area (Å²) in [4.78, 5) is 25.2. The van der Waals surface area contributed by atoms with Crippen LogP contribution in [0.1, 0.15) is 34.3 Å². The van der Waals surface area contributed by atoms with E-state index in [1.807, 2.05) is 0 Å². The minimum Gasteiger partial charge on any atom is -0.337 e. The lowest BCUT2D eigenvalue weighted by Gasteiger charge is -2.34. The van der Waals surface area contributed by atoms with Gasteiger partial charge in [-0.2, -0.15) is 8.78 Å². The van der Waals surface area contributed by atoms with Gasteiger partial charge in [-0.3, -0.25) is 9.59 Å². The maximum Gasteiger partial charge on any atom is 0.352 e. The standard InChI is InChI=1S/C21H18F6N2O2/c1-12-10-14(3-5-16(12)22)28-18(30)13-2-4-17(23)15(11-13)21(26,27)19(31)29-8-6-20(24,25)7-9-29/h2-5,10-11H,6-9H2,1H3,(H,28,30). The number of carbonyl (C=O) groups is 2. The zero-order valence-corrected chi connectivity index (χ0v) is 16.3. The van der Waals surface area contributed by atoms with Crippen LogP contribution in [0.5, 0.6) is 0 Å². The van der Waals surface area contributed by atoms with Crippen LogP contribution < -0.4 is 5.32 Å². The maximum atomic E-state index is 14.8. The summed E-state index contributed by atoms with van der Waals surface area (Å²) in [7, 11) is 0. The van der Waals surface area contributed by atoms with Gasteiger partial charge in [0.05, 0.1) is 5.56 Å². The van der Waals surface area contributed by atoms with Crippen molar-refractivity contribution < 1.29 is 35.9 Å². The van der Waals surface area contributed by atoms with Gasteiger partial charge in [0.25, 0.3) is 17.7 Å². The Bertz CT molecular complexity index is 1010. The zero-order chi connectivity index (χ0) is 23.0. The van der Waals surface area contributed by atoms with Gasteiger partial charge in [0.15, 0.2) is 0 Å². The monoisotopic (exact) mass is 444 g/mol. The van der Waals surface area contributed by atoms with E-state index >= 15 is 0 Å². The molecule has 166 valence electrons. The molecule has 31 heavy (non-hydrogen) atoms. The number of rotatable bonds is 4. The van der Waals surface area contributed by atoms with E-state index in [1.165, 1.54) is 19.1 Å². The predicted molar refractivity (Wildman–Crippen MR) is 100 cm³/mol. The van der Waals surface area contributed by atoms with Crippen LogP contribution >= 0.6 is 0 Å². The van der Waals surface area contributed by atoms with Crippen LogP contribution in [-0.2, 0) is 10.7 Å². The van der Waals surface area contributed by atoms with Gasteiger partial charge >= 0.3 is 5.92 Å². The molecule has 2 aromatic carbocycles. The molecule has 1 fully saturated rings. The summed E-state index contributed by atoms with van der Waals surface area (Å²) < 4.78 is 83.5. The van der Waals surface area contributed by atoms with Gasteiger partial charge in [-0.25, -0.2) is 17.6 Å². The van der Waals surface area contributed by atoms with Crippen molar-refractivity contribution in [1.29, 1.82) is 0 Å². The molecule has 0 radical (unpaired) electrons. The highest BCUT2D eigenvalue weighted by atomic mass is 19.3. The summed E-state index contributed by atoms with van der Waals surface area (Å²) in [6, 6.07) is 5.79. The summed E-state index contributed by atoms with van der Waals surface area (Å²) in [6.07, 6.45) is -1.53. The summed E-state index contributed by atoms with van der Waals surface area (Å²) in [5, 5.41) is 2.37. The SMILES string of the molecule is Cc1cc(NC(=O)c2ccc(F)c(C(F)(F)C(=O)N3CCC(F)(F)CC3)c2)ccc1F. The second-order valence-corrected chi connectivity index (χ2v) is 7.34. The van der Waals surface area contributed by atoms with E-state index in [-0.39, 0.29) is 16.8 Å². The van der Waals surface area contributed by atoms with Gasteiger partial charge in [0.1, 0.15) is 11.6 Å². The third-order valence-electron chi connectivity index (χ3n) is 5.03. The summed E-state index contributed by atoms with van der Waals surface area (Å²) >= 11 is 0. The molecule has 1 saturated heterocycles. The molecule has 0 aromatic heterocycles. The van der Waals surface area contributed by atoms with E-state index < -0.39 is 66.8 Å². The molecule has 1 aliphatic heterocycles. The Kier molecular flexibility index (Phi) is 6.02. The summed E-state index contributed by atoms with van der Waals surface area (Å²) in [5.41, 5.74) is -1.28. The normalized spacial score (nSPS) is 16.2. The fourth-order valence-corrected chi connectivity index (χ4v) is 3.18. The Morgan fingerprint density at radius 2 is 1.61 bits per heavy atom. The lowest BCUT2D eigenvalue weighted by molar-refractivity contribution is -0.164. The first-order chi connectivity index (χ1) is 14.4. The van der Waals surface area contributed by atoms with E-state index in [0.717, 1.165) is 12.1 Å². The van der Waals surface area contributed by atoms with Crippen LogP contribution in [0.4, 0.5) is 32.0 Å². The first-order valence-electron chi connectivity index (χ1n) is 9.33. The van der Waals surface area contributed by atoms with Crippen LogP contribution in [0.2, 0.25) is 0 Å². The third kappa shape index (κ3) is 4.83. The van der Waals surface area contributed by atoms with Crippen LogP contribution in [0, 0.1) is 18.6 Å². The molecule has 0 unspecified atom stereocenters. The van der Waals surface area contributed by atoms with Gasteiger partial charge in [0.2, 0.25) is 0 Å².